The van der Waals surface area contributed by atoms with Gasteiger partial charge in [0, 0.05) is 5.69 Å². The summed E-state index contributed by atoms with van der Waals surface area (Å²) in [6.45, 7) is 1.74. The second-order valence-corrected chi connectivity index (χ2v) is 6.18. The van der Waals surface area contributed by atoms with Crippen molar-refractivity contribution >= 4 is 17.5 Å². The highest BCUT2D eigenvalue weighted by molar-refractivity contribution is 6.39. The molecule has 0 atom stereocenters. The number of aromatic hydroxyl groups is 1. The summed E-state index contributed by atoms with van der Waals surface area (Å²) >= 11 is 0. The Morgan fingerprint density at radius 2 is 1.37 bits per heavy atom. The van der Waals surface area contributed by atoms with E-state index in [1.807, 2.05) is 60.7 Å². The van der Waals surface area contributed by atoms with Crippen LogP contribution in [-0.2, 0) is 9.59 Å². The third-order valence-electron chi connectivity index (χ3n) is 4.21. The fourth-order valence-corrected chi connectivity index (χ4v) is 2.81. The summed E-state index contributed by atoms with van der Waals surface area (Å²) in [6, 6.07) is 23.0. The predicted octanol–water partition coefficient (Wildman–Crippen LogP) is 3.54. The SMILES string of the molecule is Cc1cc(O)ccc1NC(=O)C(=O)NC(c1ccccc1)c1ccccc1. The number of benzene rings is 3. The number of hydrogen-bond donors (Lipinski definition) is 3. The normalized spacial score (nSPS) is 10.4. The predicted molar refractivity (Wildman–Crippen MR) is 104 cm³/mol. The Morgan fingerprint density at radius 1 is 0.815 bits per heavy atom. The van der Waals surface area contributed by atoms with Gasteiger partial charge in [0.15, 0.2) is 0 Å². The van der Waals surface area contributed by atoms with Gasteiger partial charge >= 0.3 is 11.8 Å². The Balaban J connectivity index is 1.79. The molecule has 0 aliphatic carbocycles. The molecule has 0 saturated carbocycles. The molecule has 5 heteroatoms. The highest BCUT2D eigenvalue weighted by Crippen LogP contribution is 2.22. The zero-order chi connectivity index (χ0) is 19.2. The van der Waals surface area contributed by atoms with Crippen molar-refractivity contribution in [1.29, 1.82) is 0 Å². The number of rotatable bonds is 4. The van der Waals surface area contributed by atoms with Crippen LogP contribution in [0.5, 0.6) is 5.75 Å². The molecule has 3 aromatic rings. The minimum absolute atomic E-state index is 0.100. The van der Waals surface area contributed by atoms with E-state index in [1.54, 1.807) is 13.0 Å². The van der Waals surface area contributed by atoms with Gasteiger partial charge in [0.2, 0.25) is 0 Å². The molecule has 3 aromatic carbocycles. The topological polar surface area (TPSA) is 78.4 Å². The number of hydrogen-bond acceptors (Lipinski definition) is 3. The van der Waals surface area contributed by atoms with Crippen LogP contribution in [0.4, 0.5) is 5.69 Å². The van der Waals surface area contributed by atoms with Crippen molar-refractivity contribution in [3.8, 4) is 5.75 Å². The Bertz CT molecular complexity index is 901. The molecule has 0 spiro atoms. The Morgan fingerprint density at radius 3 is 1.89 bits per heavy atom. The van der Waals surface area contributed by atoms with Crippen molar-refractivity contribution in [3.63, 3.8) is 0 Å². The quantitative estimate of drug-likeness (QED) is 0.492. The number of nitrogens with one attached hydrogen (secondary N) is 2. The molecule has 0 heterocycles. The molecule has 3 N–H and O–H groups in total. The summed E-state index contributed by atoms with van der Waals surface area (Å²) in [4.78, 5) is 24.9. The van der Waals surface area contributed by atoms with E-state index in [0.29, 0.717) is 11.3 Å². The molecule has 0 bridgehead atoms. The molecule has 0 radical (unpaired) electrons. The molecular formula is C22H20N2O3. The second-order valence-electron chi connectivity index (χ2n) is 6.18. The number of carbonyl (C=O) groups is 2. The smallest absolute Gasteiger partial charge is 0.313 e. The van der Waals surface area contributed by atoms with E-state index in [9.17, 15) is 14.7 Å². The monoisotopic (exact) mass is 360 g/mol. The van der Waals surface area contributed by atoms with Crippen LogP contribution in [0.3, 0.4) is 0 Å². The molecule has 136 valence electrons. The highest BCUT2D eigenvalue weighted by Gasteiger charge is 2.21. The second kappa shape index (κ2) is 8.19. The van der Waals surface area contributed by atoms with E-state index in [-0.39, 0.29) is 5.75 Å². The molecule has 0 aliphatic heterocycles. The number of carbonyl (C=O) groups excluding carboxylic acids is 2. The lowest BCUT2D eigenvalue weighted by Gasteiger charge is -2.19. The van der Waals surface area contributed by atoms with Gasteiger partial charge in [-0.05, 0) is 41.8 Å². The lowest BCUT2D eigenvalue weighted by Crippen LogP contribution is -2.38. The number of anilines is 1. The fourth-order valence-electron chi connectivity index (χ4n) is 2.81. The Hall–Kier alpha value is -3.60. The summed E-state index contributed by atoms with van der Waals surface area (Å²) in [5.41, 5.74) is 2.90. The number of phenolic OH excluding ortho intramolecular Hbond substituents is 1. The van der Waals surface area contributed by atoms with Crippen LogP contribution >= 0.6 is 0 Å². The summed E-state index contributed by atoms with van der Waals surface area (Å²) in [5, 5.41) is 14.8. The highest BCUT2D eigenvalue weighted by atomic mass is 16.3. The van der Waals surface area contributed by atoms with Gasteiger partial charge in [-0.15, -0.1) is 0 Å². The average Bonchev–Trinajstić information content (AvgIpc) is 2.69. The molecule has 2 amide bonds. The van der Waals surface area contributed by atoms with E-state index in [0.717, 1.165) is 11.1 Å². The fraction of sp³-hybridized carbons (Fsp3) is 0.0909. The number of phenols is 1. The standard InChI is InChI=1S/C22H20N2O3/c1-15-14-18(25)12-13-19(15)23-21(26)22(27)24-20(16-8-4-2-5-9-16)17-10-6-3-7-11-17/h2-14,20,25H,1H3,(H,23,26)(H,24,27). The zero-order valence-electron chi connectivity index (χ0n) is 14.8. The first kappa shape index (κ1) is 18.2. The van der Waals surface area contributed by atoms with E-state index < -0.39 is 17.9 Å². The third-order valence-corrected chi connectivity index (χ3v) is 4.21. The van der Waals surface area contributed by atoms with Crippen molar-refractivity contribution in [2.45, 2.75) is 13.0 Å². The van der Waals surface area contributed by atoms with Gasteiger partial charge in [-0.25, -0.2) is 0 Å². The van der Waals surface area contributed by atoms with Gasteiger partial charge in [0.25, 0.3) is 0 Å². The van der Waals surface area contributed by atoms with Gasteiger partial charge in [0.1, 0.15) is 5.75 Å². The van der Waals surface area contributed by atoms with Crippen LogP contribution in [0.2, 0.25) is 0 Å². The van der Waals surface area contributed by atoms with Crippen LogP contribution in [0.25, 0.3) is 0 Å². The number of aryl methyl sites for hydroxylation is 1. The first-order valence-corrected chi connectivity index (χ1v) is 8.56. The lowest BCUT2D eigenvalue weighted by atomic mass is 9.98. The van der Waals surface area contributed by atoms with E-state index in [1.165, 1.54) is 12.1 Å². The molecule has 0 unspecified atom stereocenters. The van der Waals surface area contributed by atoms with Crippen LogP contribution in [0.1, 0.15) is 22.7 Å². The van der Waals surface area contributed by atoms with E-state index in [2.05, 4.69) is 10.6 Å². The van der Waals surface area contributed by atoms with Crippen LogP contribution < -0.4 is 10.6 Å². The maximum absolute atomic E-state index is 12.5. The summed E-state index contributed by atoms with van der Waals surface area (Å²) in [6.07, 6.45) is 0. The average molecular weight is 360 g/mol. The van der Waals surface area contributed by atoms with Crippen molar-refractivity contribution in [3.05, 3.63) is 95.6 Å². The van der Waals surface area contributed by atoms with Gasteiger partial charge in [-0.2, -0.15) is 0 Å². The Labute approximate surface area is 157 Å². The molecule has 3 rings (SSSR count). The zero-order valence-corrected chi connectivity index (χ0v) is 14.8. The van der Waals surface area contributed by atoms with Crippen molar-refractivity contribution < 1.29 is 14.7 Å². The lowest BCUT2D eigenvalue weighted by molar-refractivity contribution is -0.136. The van der Waals surface area contributed by atoms with E-state index >= 15 is 0 Å². The summed E-state index contributed by atoms with van der Waals surface area (Å²) in [7, 11) is 0. The van der Waals surface area contributed by atoms with E-state index in [4.69, 9.17) is 0 Å². The molecule has 0 saturated heterocycles. The summed E-state index contributed by atoms with van der Waals surface area (Å²) in [5.74, 6) is -1.40. The van der Waals surface area contributed by atoms with Crippen molar-refractivity contribution in [2.75, 3.05) is 5.32 Å². The van der Waals surface area contributed by atoms with Gasteiger partial charge in [-0.1, -0.05) is 60.7 Å². The van der Waals surface area contributed by atoms with Crippen LogP contribution in [0.15, 0.2) is 78.9 Å². The van der Waals surface area contributed by atoms with Gasteiger partial charge in [0.05, 0.1) is 6.04 Å². The first-order valence-electron chi connectivity index (χ1n) is 8.56. The minimum atomic E-state index is -0.763. The summed E-state index contributed by atoms with van der Waals surface area (Å²) < 4.78 is 0. The molecule has 0 aliphatic rings. The van der Waals surface area contributed by atoms with Crippen molar-refractivity contribution in [1.82, 2.24) is 5.32 Å². The minimum Gasteiger partial charge on any atom is -0.508 e. The molecule has 0 fully saturated rings. The molecule has 27 heavy (non-hydrogen) atoms. The van der Waals surface area contributed by atoms with Gasteiger partial charge in [-0.3, -0.25) is 9.59 Å². The Kier molecular flexibility index (Phi) is 5.52. The molecular weight excluding hydrogens is 340 g/mol. The maximum Gasteiger partial charge on any atom is 0.313 e. The van der Waals surface area contributed by atoms with Crippen molar-refractivity contribution in [2.24, 2.45) is 0 Å². The largest absolute Gasteiger partial charge is 0.508 e. The maximum atomic E-state index is 12.5. The first-order chi connectivity index (χ1) is 13.0. The number of amides is 2. The third kappa shape index (κ3) is 4.52. The van der Waals surface area contributed by atoms with Crippen LogP contribution in [0, 0.1) is 6.92 Å². The molecule has 0 aromatic heterocycles. The van der Waals surface area contributed by atoms with Gasteiger partial charge < -0.3 is 15.7 Å². The molecule has 5 nitrogen and oxygen atoms in total. The van der Waals surface area contributed by atoms with Crippen LogP contribution in [-0.4, -0.2) is 16.9 Å².